The van der Waals surface area contributed by atoms with Gasteiger partial charge in [-0.3, -0.25) is 4.57 Å². The molecule has 3 N–H and O–H groups in total. The van der Waals surface area contributed by atoms with Crippen molar-refractivity contribution in [3.63, 3.8) is 0 Å². The third-order valence-electron chi connectivity index (χ3n) is 3.44. The van der Waals surface area contributed by atoms with Crippen molar-refractivity contribution in [1.82, 2.24) is 0 Å². The van der Waals surface area contributed by atoms with Crippen molar-refractivity contribution in [3.8, 4) is 0 Å². The van der Waals surface area contributed by atoms with E-state index in [1.54, 1.807) is 12.1 Å². The summed E-state index contributed by atoms with van der Waals surface area (Å²) < 4.78 is 13.7. The van der Waals surface area contributed by atoms with Crippen LogP contribution in [0.1, 0.15) is 0 Å². The first-order valence-corrected chi connectivity index (χ1v) is 8.74. The quantitative estimate of drug-likeness (QED) is 0.572. The van der Waals surface area contributed by atoms with E-state index in [0.717, 1.165) is 16.3 Å². The summed E-state index contributed by atoms with van der Waals surface area (Å²) in [5.74, 6) is 0. The summed E-state index contributed by atoms with van der Waals surface area (Å²) >= 11 is 0. The third-order valence-corrected chi connectivity index (χ3v) is 6.06. The maximum absolute atomic E-state index is 13.7. The van der Waals surface area contributed by atoms with Gasteiger partial charge in [0.05, 0.1) is 0 Å². The lowest BCUT2D eigenvalue weighted by Gasteiger charge is -2.21. The SMILES string of the molecule is Nc1ccc(NP(=O)(c2ccccc2)c2ccccc2)cc1. The Morgan fingerprint density at radius 1 is 0.682 bits per heavy atom. The zero-order valence-corrected chi connectivity index (χ0v) is 12.9. The molecule has 3 aromatic carbocycles. The first-order valence-electron chi connectivity index (χ1n) is 7.03. The molecule has 4 heteroatoms. The number of hydrogen-bond acceptors (Lipinski definition) is 2. The van der Waals surface area contributed by atoms with E-state index < -0.39 is 7.29 Å². The lowest BCUT2D eigenvalue weighted by molar-refractivity contribution is 0.590. The van der Waals surface area contributed by atoms with Crippen LogP contribution in [0.4, 0.5) is 11.4 Å². The number of benzene rings is 3. The van der Waals surface area contributed by atoms with Crippen LogP contribution in [0, 0.1) is 0 Å². The molecule has 0 aromatic heterocycles. The van der Waals surface area contributed by atoms with Crippen molar-refractivity contribution in [2.45, 2.75) is 0 Å². The van der Waals surface area contributed by atoms with Crippen molar-refractivity contribution in [3.05, 3.63) is 84.9 Å². The van der Waals surface area contributed by atoms with Crippen molar-refractivity contribution in [2.24, 2.45) is 0 Å². The Morgan fingerprint density at radius 2 is 1.14 bits per heavy atom. The smallest absolute Gasteiger partial charge is 0.227 e. The molecule has 0 amide bonds. The summed E-state index contributed by atoms with van der Waals surface area (Å²) in [7, 11) is -2.95. The van der Waals surface area contributed by atoms with Gasteiger partial charge < -0.3 is 10.8 Å². The molecule has 0 aliphatic heterocycles. The van der Waals surface area contributed by atoms with Crippen LogP contribution in [0.3, 0.4) is 0 Å². The predicted molar refractivity (Wildman–Crippen MR) is 94.2 cm³/mol. The fourth-order valence-corrected chi connectivity index (χ4v) is 4.55. The maximum atomic E-state index is 13.7. The van der Waals surface area contributed by atoms with Crippen molar-refractivity contribution in [1.29, 1.82) is 0 Å². The second-order valence-electron chi connectivity index (χ2n) is 5.01. The molecular formula is C18H17N2OP. The lowest BCUT2D eigenvalue weighted by Crippen LogP contribution is -2.21. The molecule has 0 fully saturated rings. The van der Waals surface area contributed by atoms with E-state index in [4.69, 9.17) is 5.73 Å². The second-order valence-corrected chi connectivity index (χ2v) is 7.49. The number of rotatable bonds is 4. The summed E-state index contributed by atoms with van der Waals surface area (Å²) in [5.41, 5.74) is 7.18. The van der Waals surface area contributed by atoms with Gasteiger partial charge in [-0.1, -0.05) is 36.4 Å². The minimum atomic E-state index is -2.95. The van der Waals surface area contributed by atoms with Gasteiger partial charge in [0, 0.05) is 22.0 Å². The fraction of sp³-hybridized carbons (Fsp3) is 0. The molecule has 3 nitrogen and oxygen atoms in total. The molecular weight excluding hydrogens is 291 g/mol. The summed E-state index contributed by atoms with van der Waals surface area (Å²) in [4.78, 5) is 0. The van der Waals surface area contributed by atoms with E-state index in [0.29, 0.717) is 5.69 Å². The van der Waals surface area contributed by atoms with Gasteiger partial charge in [-0.05, 0) is 48.5 Å². The third kappa shape index (κ3) is 2.90. The van der Waals surface area contributed by atoms with Crippen LogP contribution in [-0.2, 0) is 4.57 Å². The number of hydrogen-bond donors (Lipinski definition) is 2. The van der Waals surface area contributed by atoms with Gasteiger partial charge >= 0.3 is 0 Å². The Bertz CT molecular complexity index is 743. The number of nitrogens with two attached hydrogens (primary N) is 1. The minimum absolute atomic E-state index is 0.680. The molecule has 0 radical (unpaired) electrons. The Kier molecular flexibility index (Phi) is 3.99. The van der Waals surface area contributed by atoms with Crippen LogP contribution in [0.5, 0.6) is 0 Å². The monoisotopic (exact) mass is 308 g/mol. The van der Waals surface area contributed by atoms with Crippen LogP contribution < -0.4 is 21.4 Å². The molecule has 3 rings (SSSR count). The molecule has 0 saturated carbocycles. The standard InChI is InChI=1S/C18H17N2OP/c19-15-11-13-16(14-12-15)20-22(21,17-7-3-1-4-8-17)18-9-5-2-6-10-18/h1-14H,19H2,(H,20,21). The van der Waals surface area contributed by atoms with Gasteiger partial charge in [-0.25, -0.2) is 0 Å². The van der Waals surface area contributed by atoms with Gasteiger partial charge in [-0.15, -0.1) is 0 Å². The van der Waals surface area contributed by atoms with Gasteiger partial charge in [0.2, 0.25) is 7.29 Å². The second kappa shape index (κ2) is 6.08. The molecule has 110 valence electrons. The molecule has 0 saturated heterocycles. The Morgan fingerprint density at radius 3 is 1.59 bits per heavy atom. The number of nitrogens with one attached hydrogen (secondary N) is 1. The molecule has 3 aromatic rings. The summed E-state index contributed by atoms with van der Waals surface area (Å²) in [6.45, 7) is 0. The van der Waals surface area contributed by atoms with E-state index in [1.165, 1.54) is 0 Å². The average Bonchev–Trinajstić information content (AvgIpc) is 2.58. The van der Waals surface area contributed by atoms with E-state index in [-0.39, 0.29) is 0 Å². The highest BCUT2D eigenvalue weighted by atomic mass is 31.2. The Hall–Kier alpha value is -2.51. The van der Waals surface area contributed by atoms with Crippen molar-refractivity contribution < 1.29 is 4.57 Å². The molecule has 0 spiro atoms. The van der Waals surface area contributed by atoms with Crippen molar-refractivity contribution >= 4 is 29.3 Å². The summed E-state index contributed by atoms with van der Waals surface area (Å²) in [6.07, 6.45) is 0. The van der Waals surface area contributed by atoms with Crippen LogP contribution in [0.25, 0.3) is 0 Å². The Balaban J connectivity index is 2.08. The number of anilines is 2. The van der Waals surface area contributed by atoms with Gasteiger partial charge in [-0.2, -0.15) is 0 Å². The van der Waals surface area contributed by atoms with Gasteiger partial charge in [0.1, 0.15) is 0 Å². The van der Waals surface area contributed by atoms with E-state index in [9.17, 15) is 4.57 Å². The molecule has 0 unspecified atom stereocenters. The first-order chi connectivity index (χ1) is 10.7. The van der Waals surface area contributed by atoms with Crippen molar-refractivity contribution in [2.75, 3.05) is 10.8 Å². The topological polar surface area (TPSA) is 55.1 Å². The zero-order chi connectivity index (χ0) is 15.4. The molecule has 0 heterocycles. The predicted octanol–water partition coefficient (Wildman–Crippen LogP) is 3.61. The lowest BCUT2D eigenvalue weighted by atomic mass is 10.3. The van der Waals surface area contributed by atoms with Gasteiger partial charge in [0.15, 0.2) is 0 Å². The molecule has 0 atom stereocenters. The van der Waals surface area contributed by atoms with E-state index in [1.807, 2.05) is 72.8 Å². The number of nitrogen functional groups attached to an aromatic ring is 1. The highest BCUT2D eigenvalue weighted by Gasteiger charge is 2.26. The van der Waals surface area contributed by atoms with Crippen LogP contribution in [0.2, 0.25) is 0 Å². The Labute approximate surface area is 130 Å². The largest absolute Gasteiger partial charge is 0.399 e. The minimum Gasteiger partial charge on any atom is -0.399 e. The van der Waals surface area contributed by atoms with E-state index in [2.05, 4.69) is 5.09 Å². The highest BCUT2D eigenvalue weighted by Crippen LogP contribution is 2.43. The average molecular weight is 308 g/mol. The molecule has 0 bridgehead atoms. The highest BCUT2D eigenvalue weighted by molar-refractivity contribution is 7.80. The van der Waals surface area contributed by atoms with Crippen LogP contribution in [-0.4, -0.2) is 0 Å². The van der Waals surface area contributed by atoms with Gasteiger partial charge in [0.25, 0.3) is 0 Å². The van der Waals surface area contributed by atoms with Crippen LogP contribution >= 0.6 is 7.29 Å². The van der Waals surface area contributed by atoms with E-state index >= 15 is 0 Å². The van der Waals surface area contributed by atoms with Crippen LogP contribution in [0.15, 0.2) is 84.9 Å². The molecule has 22 heavy (non-hydrogen) atoms. The summed E-state index contributed by atoms with van der Waals surface area (Å²) in [5, 5.41) is 4.77. The molecule has 0 aliphatic rings. The fourth-order valence-electron chi connectivity index (χ4n) is 2.29. The first kappa shape index (κ1) is 14.4. The normalized spacial score (nSPS) is 11.1. The summed E-state index contributed by atoms with van der Waals surface area (Å²) in [6, 6.07) is 26.2. The maximum Gasteiger partial charge on any atom is 0.227 e. The molecule has 0 aliphatic carbocycles. The zero-order valence-electron chi connectivity index (χ0n) is 12.0.